The number of aromatic amines is 1. The average Bonchev–Trinajstić information content (AvgIpc) is 2.91. The Bertz CT molecular complexity index is 1360. The second-order valence-corrected chi connectivity index (χ2v) is 9.28. The Kier molecular flexibility index (Phi) is 8.72. The van der Waals surface area contributed by atoms with Crippen molar-refractivity contribution in [3.05, 3.63) is 130 Å². The van der Waals surface area contributed by atoms with E-state index in [2.05, 4.69) is 20.6 Å². The summed E-state index contributed by atoms with van der Waals surface area (Å²) in [6.45, 7) is 0. The van der Waals surface area contributed by atoms with Crippen LogP contribution in [0, 0.1) is 0 Å². The molecule has 1 atom stereocenters. The highest BCUT2D eigenvalue weighted by Crippen LogP contribution is 2.22. The first-order valence-electron chi connectivity index (χ1n) is 11.6. The van der Waals surface area contributed by atoms with E-state index in [-0.39, 0.29) is 12.0 Å². The fraction of sp³-hybridized carbons (Fsp3) is 0.143. The number of carbonyl (C=O) groups is 2. The van der Waals surface area contributed by atoms with Gasteiger partial charge in [-0.25, -0.2) is 14.6 Å². The molecule has 0 bridgehead atoms. The number of urea groups is 1. The van der Waals surface area contributed by atoms with Crippen molar-refractivity contribution in [3.63, 3.8) is 0 Å². The number of benzene rings is 3. The molecule has 1 unspecified atom stereocenters. The summed E-state index contributed by atoms with van der Waals surface area (Å²) in [5.74, 6) is -0.584. The number of carbonyl (C=O) groups excluding carboxylic acids is 1. The Balaban J connectivity index is 1.42. The van der Waals surface area contributed by atoms with Crippen LogP contribution in [0.25, 0.3) is 0 Å². The van der Waals surface area contributed by atoms with Crippen LogP contribution >= 0.6 is 11.8 Å². The summed E-state index contributed by atoms with van der Waals surface area (Å²) in [4.78, 5) is 43.2. The van der Waals surface area contributed by atoms with Crippen molar-refractivity contribution in [1.82, 2.24) is 20.6 Å². The number of hydrogen-bond acceptors (Lipinski definition) is 5. The number of aliphatic carboxylic acids is 1. The fourth-order valence-electron chi connectivity index (χ4n) is 3.84. The smallest absolute Gasteiger partial charge is 0.326 e. The van der Waals surface area contributed by atoms with Crippen LogP contribution < -0.4 is 16.2 Å². The van der Waals surface area contributed by atoms with Gasteiger partial charge in [0.05, 0.1) is 6.04 Å². The van der Waals surface area contributed by atoms with Crippen molar-refractivity contribution in [2.24, 2.45) is 0 Å². The van der Waals surface area contributed by atoms with Crippen LogP contribution in [-0.2, 0) is 17.0 Å². The van der Waals surface area contributed by atoms with Crippen molar-refractivity contribution in [2.45, 2.75) is 29.4 Å². The third-order valence-electron chi connectivity index (χ3n) is 5.60. The van der Waals surface area contributed by atoms with Gasteiger partial charge >= 0.3 is 12.0 Å². The molecule has 0 radical (unpaired) electrons. The van der Waals surface area contributed by atoms with E-state index >= 15 is 0 Å². The van der Waals surface area contributed by atoms with Gasteiger partial charge in [0.15, 0.2) is 5.16 Å². The summed E-state index contributed by atoms with van der Waals surface area (Å²) in [5.41, 5.74) is 3.26. The molecule has 3 aromatic carbocycles. The molecule has 0 aliphatic heterocycles. The van der Waals surface area contributed by atoms with Gasteiger partial charge < -0.3 is 20.7 Å². The lowest BCUT2D eigenvalue weighted by Gasteiger charge is -2.22. The molecule has 0 saturated heterocycles. The van der Waals surface area contributed by atoms with Gasteiger partial charge in [0, 0.05) is 24.4 Å². The molecule has 4 N–H and O–H groups in total. The Hall–Kier alpha value is -4.37. The van der Waals surface area contributed by atoms with Gasteiger partial charge in [0.25, 0.3) is 5.56 Å². The first-order chi connectivity index (χ1) is 18.0. The Morgan fingerprint density at radius 3 is 2.14 bits per heavy atom. The van der Waals surface area contributed by atoms with E-state index in [1.54, 1.807) is 0 Å². The summed E-state index contributed by atoms with van der Waals surface area (Å²) in [6.07, 6.45) is 1.56. The first-order valence-corrected chi connectivity index (χ1v) is 12.6. The second-order valence-electron chi connectivity index (χ2n) is 8.31. The standard InChI is InChI=1S/C28H26N4O4S/c33-24-14-15-29-28(31-24)37-18-20-9-7-8-19(16-20)17-23(26(34)35)30-27(36)32-25(21-10-3-1-4-11-21)22-12-5-2-6-13-22/h1-16,23,25H,17-18H2,(H,34,35)(H,29,31,33)(H2,30,32,36). The topological polar surface area (TPSA) is 124 Å². The Morgan fingerprint density at radius 1 is 0.865 bits per heavy atom. The third kappa shape index (κ3) is 7.55. The number of aromatic nitrogens is 2. The van der Waals surface area contributed by atoms with Crippen molar-refractivity contribution in [2.75, 3.05) is 0 Å². The Labute approximate surface area is 218 Å². The number of hydrogen-bond donors (Lipinski definition) is 4. The highest BCUT2D eigenvalue weighted by atomic mass is 32.2. The van der Waals surface area contributed by atoms with Crippen molar-refractivity contribution >= 4 is 23.8 Å². The zero-order valence-corrected chi connectivity index (χ0v) is 20.7. The van der Waals surface area contributed by atoms with Crippen molar-refractivity contribution < 1.29 is 14.7 Å². The van der Waals surface area contributed by atoms with Gasteiger partial charge in [-0.3, -0.25) is 4.79 Å². The summed E-state index contributed by atoms with van der Waals surface area (Å²) in [7, 11) is 0. The predicted octanol–water partition coefficient (Wildman–Crippen LogP) is 4.15. The summed E-state index contributed by atoms with van der Waals surface area (Å²) < 4.78 is 0. The van der Waals surface area contributed by atoms with E-state index in [0.717, 1.165) is 22.3 Å². The molecule has 0 aliphatic rings. The van der Waals surface area contributed by atoms with Crippen LogP contribution in [0.5, 0.6) is 0 Å². The highest BCUT2D eigenvalue weighted by molar-refractivity contribution is 7.98. The van der Waals surface area contributed by atoms with Crippen molar-refractivity contribution in [1.29, 1.82) is 0 Å². The molecule has 8 nitrogen and oxygen atoms in total. The fourth-order valence-corrected chi connectivity index (χ4v) is 4.63. The van der Waals surface area contributed by atoms with Gasteiger partial charge in [0.1, 0.15) is 6.04 Å². The van der Waals surface area contributed by atoms with Gasteiger partial charge in [-0.05, 0) is 22.3 Å². The minimum atomic E-state index is -1.13. The summed E-state index contributed by atoms with van der Waals surface area (Å²) in [6, 6.07) is 25.7. The molecule has 0 fully saturated rings. The number of nitrogens with zero attached hydrogens (tertiary/aromatic N) is 1. The lowest BCUT2D eigenvalue weighted by molar-refractivity contribution is -0.139. The third-order valence-corrected chi connectivity index (χ3v) is 6.56. The van der Waals surface area contributed by atoms with Gasteiger partial charge in [-0.2, -0.15) is 0 Å². The minimum absolute atomic E-state index is 0.114. The molecule has 4 aromatic rings. The molecule has 0 spiro atoms. The van der Waals surface area contributed by atoms with Crippen LogP contribution in [0.4, 0.5) is 4.79 Å². The first kappa shape index (κ1) is 25.7. The number of amides is 2. The van der Waals surface area contributed by atoms with E-state index in [1.807, 2.05) is 84.9 Å². The average molecular weight is 515 g/mol. The number of rotatable bonds is 10. The van der Waals surface area contributed by atoms with E-state index in [1.165, 1.54) is 24.0 Å². The summed E-state index contributed by atoms with van der Waals surface area (Å²) in [5, 5.41) is 15.9. The number of nitrogens with one attached hydrogen (secondary N) is 3. The maximum atomic E-state index is 12.9. The van der Waals surface area contributed by atoms with Gasteiger partial charge in [0.2, 0.25) is 0 Å². The molecule has 9 heteroatoms. The largest absolute Gasteiger partial charge is 0.480 e. The van der Waals surface area contributed by atoms with Crippen LogP contribution in [0.3, 0.4) is 0 Å². The zero-order chi connectivity index (χ0) is 26.0. The lowest BCUT2D eigenvalue weighted by Crippen LogP contribution is -2.48. The maximum absolute atomic E-state index is 12.9. The Morgan fingerprint density at radius 2 is 1.51 bits per heavy atom. The summed E-state index contributed by atoms with van der Waals surface area (Å²) >= 11 is 1.37. The number of thioether (sulfide) groups is 1. The zero-order valence-electron chi connectivity index (χ0n) is 19.8. The molecule has 0 aliphatic carbocycles. The molecule has 0 saturated carbocycles. The minimum Gasteiger partial charge on any atom is -0.480 e. The van der Waals surface area contributed by atoms with Gasteiger partial charge in [-0.1, -0.05) is 96.7 Å². The van der Waals surface area contributed by atoms with E-state index < -0.39 is 24.1 Å². The van der Waals surface area contributed by atoms with Crippen LogP contribution in [0.2, 0.25) is 0 Å². The molecule has 37 heavy (non-hydrogen) atoms. The van der Waals surface area contributed by atoms with E-state index in [4.69, 9.17) is 0 Å². The highest BCUT2D eigenvalue weighted by Gasteiger charge is 2.23. The molecule has 2 amide bonds. The molecule has 1 aromatic heterocycles. The van der Waals surface area contributed by atoms with Crippen LogP contribution in [0.15, 0.2) is 107 Å². The molecular weight excluding hydrogens is 488 g/mol. The molecule has 4 rings (SSSR count). The molecular formula is C28H26N4O4S. The quantitative estimate of drug-likeness (QED) is 0.186. The lowest BCUT2D eigenvalue weighted by atomic mass is 9.99. The molecule has 1 heterocycles. The van der Waals surface area contributed by atoms with E-state index in [0.29, 0.717) is 10.9 Å². The van der Waals surface area contributed by atoms with Crippen molar-refractivity contribution in [3.8, 4) is 0 Å². The number of carboxylic acid groups (broad SMARTS) is 1. The SMILES string of the molecule is O=C(NC(Cc1cccc(CSc2nccc(=O)[nH]2)c1)C(=O)O)NC(c1ccccc1)c1ccccc1. The predicted molar refractivity (Wildman–Crippen MR) is 142 cm³/mol. The maximum Gasteiger partial charge on any atom is 0.326 e. The molecule has 188 valence electrons. The normalized spacial score (nSPS) is 11.6. The van der Waals surface area contributed by atoms with E-state index in [9.17, 15) is 19.5 Å². The van der Waals surface area contributed by atoms with Gasteiger partial charge in [-0.15, -0.1) is 0 Å². The number of H-pyrrole nitrogens is 1. The second kappa shape index (κ2) is 12.5. The monoisotopic (exact) mass is 514 g/mol. The van der Waals surface area contributed by atoms with Crippen LogP contribution in [0.1, 0.15) is 28.3 Å². The number of carboxylic acids is 1. The van der Waals surface area contributed by atoms with Crippen LogP contribution in [-0.4, -0.2) is 33.1 Å².